The molecule has 3 aromatic carbocycles. The molecule has 0 spiro atoms. The molecule has 1 unspecified atom stereocenters. The first-order valence-corrected chi connectivity index (χ1v) is 9.34. The quantitative estimate of drug-likeness (QED) is 0.192. The molecular formula is C23H24N4O2. The number of hydrogen-bond donors (Lipinski definition) is 4. The second kappa shape index (κ2) is 10.1. The number of rotatable bonds is 9. The van der Waals surface area contributed by atoms with E-state index in [9.17, 15) is 9.90 Å². The SMILES string of the molecule is NNC=Nc1cccc(CNc2cccc(C(CC(=O)O)c3ccccc3)c2)c1. The van der Waals surface area contributed by atoms with Crippen LogP contribution < -0.4 is 16.6 Å². The normalized spacial score (nSPS) is 11.9. The molecule has 148 valence electrons. The molecule has 5 N–H and O–H groups in total. The van der Waals surface area contributed by atoms with Crippen molar-refractivity contribution in [1.29, 1.82) is 0 Å². The highest BCUT2D eigenvalue weighted by atomic mass is 16.4. The maximum atomic E-state index is 11.4. The van der Waals surface area contributed by atoms with E-state index in [4.69, 9.17) is 5.84 Å². The van der Waals surface area contributed by atoms with Gasteiger partial charge in [-0.05, 0) is 41.0 Å². The van der Waals surface area contributed by atoms with Gasteiger partial charge in [-0.3, -0.25) is 4.79 Å². The Balaban J connectivity index is 1.76. The number of aliphatic carboxylic acids is 1. The van der Waals surface area contributed by atoms with Crippen molar-refractivity contribution in [2.24, 2.45) is 10.8 Å². The molecule has 29 heavy (non-hydrogen) atoms. The molecule has 0 aliphatic carbocycles. The second-order valence-electron chi connectivity index (χ2n) is 6.63. The Kier molecular flexibility index (Phi) is 6.97. The van der Waals surface area contributed by atoms with Crippen LogP contribution in [0.2, 0.25) is 0 Å². The summed E-state index contributed by atoms with van der Waals surface area (Å²) in [7, 11) is 0. The van der Waals surface area contributed by atoms with E-state index in [1.54, 1.807) is 0 Å². The first-order chi connectivity index (χ1) is 14.2. The fraction of sp³-hybridized carbons (Fsp3) is 0.130. The van der Waals surface area contributed by atoms with Gasteiger partial charge in [-0.25, -0.2) is 10.8 Å². The number of aliphatic imine (C=N–C) groups is 1. The molecule has 3 aromatic rings. The standard InChI is InChI=1S/C23H24N4O2/c24-27-16-26-20-10-4-6-17(12-20)15-25-21-11-5-9-19(13-21)22(14-23(28)29)18-7-2-1-3-8-18/h1-13,16,22,25H,14-15,24H2,(H,26,27)(H,28,29). The number of nitrogens with two attached hydrogens (primary N) is 1. The van der Waals surface area contributed by atoms with Gasteiger partial charge in [-0.15, -0.1) is 0 Å². The predicted molar refractivity (Wildman–Crippen MR) is 116 cm³/mol. The van der Waals surface area contributed by atoms with Crippen molar-refractivity contribution in [1.82, 2.24) is 5.43 Å². The lowest BCUT2D eigenvalue weighted by atomic mass is 9.88. The monoisotopic (exact) mass is 388 g/mol. The lowest BCUT2D eigenvalue weighted by Crippen LogP contribution is -2.18. The predicted octanol–water partition coefficient (Wildman–Crippen LogP) is 4.03. The van der Waals surface area contributed by atoms with Gasteiger partial charge in [0.1, 0.15) is 6.34 Å². The van der Waals surface area contributed by atoms with Crippen LogP contribution in [0.25, 0.3) is 0 Å². The highest BCUT2D eigenvalue weighted by Gasteiger charge is 2.18. The number of anilines is 1. The molecule has 0 bridgehead atoms. The van der Waals surface area contributed by atoms with Gasteiger partial charge in [-0.1, -0.05) is 54.6 Å². The van der Waals surface area contributed by atoms with Gasteiger partial charge in [-0.2, -0.15) is 0 Å². The van der Waals surface area contributed by atoms with Crippen molar-refractivity contribution in [2.75, 3.05) is 5.32 Å². The third-order valence-corrected chi connectivity index (χ3v) is 4.57. The first-order valence-electron chi connectivity index (χ1n) is 9.34. The number of carbonyl (C=O) groups is 1. The van der Waals surface area contributed by atoms with Gasteiger partial charge in [0.05, 0.1) is 12.1 Å². The van der Waals surface area contributed by atoms with E-state index in [0.717, 1.165) is 28.1 Å². The van der Waals surface area contributed by atoms with E-state index in [2.05, 4.69) is 15.7 Å². The number of hydrogen-bond acceptors (Lipinski definition) is 4. The molecule has 0 fully saturated rings. The van der Waals surface area contributed by atoms with E-state index in [1.807, 2.05) is 78.9 Å². The Morgan fingerprint density at radius 2 is 1.76 bits per heavy atom. The number of nitrogens with one attached hydrogen (secondary N) is 2. The largest absolute Gasteiger partial charge is 0.481 e. The Morgan fingerprint density at radius 1 is 1.00 bits per heavy atom. The summed E-state index contributed by atoms with van der Waals surface area (Å²) in [5, 5.41) is 12.8. The summed E-state index contributed by atoms with van der Waals surface area (Å²) in [6, 6.07) is 25.5. The van der Waals surface area contributed by atoms with E-state index < -0.39 is 5.97 Å². The van der Waals surface area contributed by atoms with E-state index >= 15 is 0 Å². The fourth-order valence-electron chi connectivity index (χ4n) is 3.22. The van der Waals surface area contributed by atoms with Crippen molar-refractivity contribution in [3.05, 3.63) is 95.6 Å². The minimum absolute atomic E-state index is 0.0443. The molecule has 0 saturated heterocycles. The van der Waals surface area contributed by atoms with E-state index in [1.165, 1.54) is 6.34 Å². The average molecular weight is 388 g/mol. The highest BCUT2D eigenvalue weighted by molar-refractivity contribution is 5.69. The highest BCUT2D eigenvalue weighted by Crippen LogP contribution is 2.29. The van der Waals surface area contributed by atoms with E-state index in [0.29, 0.717) is 6.54 Å². The summed E-state index contributed by atoms with van der Waals surface area (Å²) in [4.78, 5) is 15.6. The van der Waals surface area contributed by atoms with Crippen LogP contribution >= 0.6 is 0 Å². The van der Waals surface area contributed by atoms with E-state index in [-0.39, 0.29) is 12.3 Å². The van der Waals surface area contributed by atoms with Crippen molar-refractivity contribution in [3.8, 4) is 0 Å². The van der Waals surface area contributed by atoms with Crippen LogP contribution in [0, 0.1) is 0 Å². The molecule has 0 amide bonds. The number of nitrogens with zero attached hydrogens (tertiary/aromatic N) is 1. The topological polar surface area (TPSA) is 99.7 Å². The first kappa shape index (κ1) is 20.1. The third-order valence-electron chi connectivity index (χ3n) is 4.57. The number of carboxylic acids is 1. The fourth-order valence-corrected chi connectivity index (χ4v) is 3.22. The van der Waals surface area contributed by atoms with Crippen LogP contribution in [0.5, 0.6) is 0 Å². The Bertz CT molecular complexity index is 973. The zero-order chi connectivity index (χ0) is 20.5. The third kappa shape index (κ3) is 5.92. The molecule has 0 radical (unpaired) electrons. The summed E-state index contributed by atoms with van der Waals surface area (Å²) < 4.78 is 0. The van der Waals surface area contributed by atoms with Crippen LogP contribution in [-0.2, 0) is 11.3 Å². The Morgan fingerprint density at radius 3 is 2.52 bits per heavy atom. The lowest BCUT2D eigenvalue weighted by molar-refractivity contribution is -0.137. The number of hydrazine groups is 1. The summed E-state index contributed by atoms with van der Waals surface area (Å²) in [5.74, 6) is 4.20. The van der Waals surface area contributed by atoms with Gasteiger partial charge in [0.2, 0.25) is 0 Å². The maximum Gasteiger partial charge on any atom is 0.304 e. The van der Waals surface area contributed by atoms with Gasteiger partial charge < -0.3 is 15.8 Å². The van der Waals surface area contributed by atoms with Crippen molar-refractivity contribution in [2.45, 2.75) is 18.9 Å². The molecule has 0 saturated carbocycles. The maximum absolute atomic E-state index is 11.4. The molecule has 0 aromatic heterocycles. The van der Waals surface area contributed by atoms with Crippen LogP contribution in [0.3, 0.4) is 0 Å². The molecule has 6 nitrogen and oxygen atoms in total. The summed E-state index contributed by atoms with van der Waals surface area (Å²) in [6.07, 6.45) is 1.48. The Labute approximate surface area is 170 Å². The van der Waals surface area contributed by atoms with Crippen LogP contribution in [0.1, 0.15) is 29.0 Å². The van der Waals surface area contributed by atoms with Crippen molar-refractivity contribution >= 4 is 23.7 Å². The summed E-state index contributed by atoms with van der Waals surface area (Å²) in [5.41, 5.74) is 7.17. The van der Waals surface area contributed by atoms with Crippen LogP contribution in [-0.4, -0.2) is 17.4 Å². The zero-order valence-electron chi connectivity index (χ0n) is 16.0. The summed E-state index contributed by atoms with van der Waals surface area (Å²) in [6.45, 7) is 0.623. The molecule has 1 atom stereocenters. The number of carboxylic acid groups (broad SMARTS) is 1. The van der Waals surface area contributed by atoms with Gasteiger partial charge in [0.25, 0.3) is 0 Å². The number of benzene rings is 3. The lowest BCUT2D eigenvalue weighted by Gasteiger charge is -2.17. The van der Waals surface area contributed by atoms with Crippen molar-refractivity contribution < 1.29 is 9.90 Å². The zero-order valence-corrected chi connectivity index (χ0v) is 16.0. The molecular weight excluding hydrogens is 364 g/mol. The van der Waals surface area contributed by atoms with Crippen molar-refractivity contribution in [3.63, 3.8) is 0 Å². The van der Waals surface area contributed by atoms with Gasteiger partial charge in [0, 0.05) is 18.2 Å². The molecule has 0 heterocycles. The molecule has 3 rings (SSSR count). The molecule has 0 aliphatic rings. The Hall–Kier alpha value is -3.64. The second-order valence-corrected chi connectivity index (χ2v) is 6.63. The average Bonchev–Trinajstić information content (AvgIpc) is 2.75. The van der Waals surface area contributed by atoms with Gasteiger partial charge in [0.15, 0.2) is 0 Å². The van der Waals surface area contributed by atoms with Crippen LogP contribution in [0.4, 0.5) is 11.4 Å². The van der Waals surface area contributed by atoms with Crippen LogP contribution in [0.15, 0.2) is 83.9 Å². The minimum atomic E-state index is -0.818. The molecule has 0 aliphatic heterocycles. The van der Waals surface area contributed by atoms with Gasteiger partial charge >= 0.3 is 5.97 Å². The minimum Gasteiger partial charge on any atom is -0.481 e. The molecule has 6 heteroatoms. The smallest absolute Gasteiger partial charge is 0.304 e. The summed E-state index contributed by atoms with van der Waals surface area (Å²) >= 11 is 0.